The molecular weight excluding hydrogens is 356 g/mol. The summed E-state index contributed by atoms with van der Waals surface area (Å²) >= 11 is 0. The number of carbonyl (C=O) groups excluding carboxylic acids is 1. The van der Waals surface area contributed by atoms with E-state index in [9.17, 15) is 4.79 Å². The summed E-state index contributed by atoms with van der Waals surface area (Å²) in [5, 5.41) is 0. The van der Waals surface area contributed by atoms with Crippen LogP contribution in [0.5, 0.6) is 5.75 Å². The van der Waals surface area contributed by atoms with Crippen LogP contribution in [0.25, 0.3) is 5.57 Å². The number of likely N-dealkylation sites (tertiary alicyclic amines) is 1. The molecule has 6 nitrogen and oxygen atoms in total. The number of aliphatic imine (C=N–C) groups is 1. The molecule has 2 aliphatic rings. The van der Waals surface area contributed by atoms with Crippen LogP contribution in [0.4, 0.5) is 4.79 Å². The van der Waals surface area contributed by atoms with Crippen molar-refractivity contribution in [3.05, 3.63) is 36.0 Å². The number of benzene rings is 1. The van der Waals surface area contributed by atoms with Gasteiger partial charge in [0, 0.05) is 32.0 Å². The third kappa shape index (κ3) is 5.13. The molecule has 1 amide bonds. The number of methoxy groups -OCH3 is 1. The smallest absolute Gasteiger partial charge is 0.410 e. The second-order valence-electron chi connectivity index (χ2n) is 8.15. The molecule has 1 atom stereocenters. The quantitative estimate of drug-likeness (QED) is 0.684. The number of amides is 1. The van der Waals surface area contributed by atoms with Crippen LogP contribution in [0.3, 0.4) is 0 Å². The average Bonchev–Trinajstić information content (AvgIpc) is 3.30. The number of hydrogen-bond donors (Lipinski definition) is 0. The lowest BCUT2D eigenvalue weighted by molar-refractivity contribution is 0.0265. The number of nitrogens with zero attached hydrogens (tertiary/aromatic N) is 2. The minimum atomic E-state index is -0.488. The van der Waals surface area contributed by atoms with Gasteiger partial charge in [0.25, 0.3) is 0 Å². The molecule has 0 radical (unpaired) electrons. The average molecular weight is 386 g/mol. The summed E-state index contributed by atoms with van der Waals surface area (Å²) in [4.78, 5) is 19.0. The van der Waals surface area contributed by atoms with E-state index in [1.165, 1.54) is 0 Å². The Labute approximate surface area is 167 Å². The van der Waals surface area contributed by atoms with Crippen molar-refractivity contribution in [2.24, 2.45) is 4.99 Å². The first-order valence-corrected chi connectivity index (χ1v) is 9.85. The molecule has 1 aromatic rings. The van der Waals surface area contributed by atoms with E-state index >= 15 is 0 Å². The van der Waals surface area contributed by atoms with Gasteiger partial charge >= 0.3 is 6.09 Å². The minimum Gasteiger partial charge on any atom is -0.491 e. The van der Waals surface area contributed by atoms with Crippen molar-refractivity contribution in [2.75, 3.05) is 26.9 Å². The molecule has 2 heterocycles. The van der Waals surface area contributed by atoms with Crippen molar-refractivity contribution in [3.8, 4) is 5.75 Å². The third-order valence-corrected chi connectivity index (χ3v) is 4.80. The molecule has 152 valence electrons. The van der Waals surface area contributed by atoms with E-state index in [4.69, 9.17) is 14.2 Å². The van der Waals surface area contributed by atoms with E-state index in [0.717, 1.165) is 48.4 Å². The zero-order chi connectivity index (χ0) is 20.1. The van der Waals surface area contributed by atoms with Crippen LogP contribution in [0.1, 0.15) is 45.6 Å². The topological polar surface area (TPSA) is 60.4 Å². The SMILES string of the molecule is COCCOc1ccc(C2=CN=C(C3CCCN3C(=O)OC(C)(C)C)C2)cc1. The predicted molar refractivity (Wildman–Crippen MR) is 110 cm³/mol. The van der Waals surface area contributed by atoms with E-state index in [2.05, 4.69) is 4.99 Å². The number of carbonyl (C=O) groups is 1. The lowest BCUT2D eigenvalue weighted by Gasteiger charge is -2.28. The van der Waals surface area contributed by atoms with Gasteiger partial charge in [-0.25, -0.2) is 4.79 Å². The number of hydrogen-bond acceptors (Lipinski definition) is 5. The Morgan fingerprint density at radius 3 is 2.64 bits per heavy atom. The minimum absolute atomic E-state index is 0.0280. The van der Waals surface area contributed by atoms with Crippen LogP contribution in [0.2, 0.25) is 0 Å². The summed E-state index contributed by atoms with van der Waals surface area (Å²) in [5.74, 6) is 0.826. The van der Waals surface area contributed by atoms with Crippen molar-refractivity contribution in [1.82, 2.24) is 4.90 Å². The van der Waals surface area contributed by atoms with Crippen molar-refractivity contribution in [3.63, 3.8) is 0 Å². The maximum atomic E-state index is 12.5. The van der Waals surface area contributed by atoms with Gasteiger partial charge in [-0.05, 0) is 56.9 Å². The molecule has 1 aromatic carbocycles. The van der Waals surface area contributed by atoms with E-state index in [0.29, 0.717) is 13.2 Å². The van der Waals surface area contributed by atoms with Crippen LogP contribution in [-0.2, 0) is 9.47 Å². The molecule has 2 aliphatic heterocycles. The van der Waals surface area contributed by atoms with Crippen LogP contribution in [0, 0.1) is 0 Å². The summed E-state index contributed by atoms with van der Waals surface area (Å²) in [6.07, 6.45) is 4.34. The third-order valence-electron chi connectivity index (χ3n) is 4.80. The summed E-state index contributed by atoms with van der Waals surface area (Å²) < 4.78 is 16.2. The molecule has 0 saturated carbocycles. The second kappa shape index (κ2) is 8.78. The summed E-state index contributed by atoms with van der Waals surface area (Å²) in [6, 6.07) is 8.05. The fraction of sp³-hybridized carbons (Fsp3) is 0.545. The highest BCUT2D eigenvalue weighted by Crippen LogP contribution is 2.31. The lowest BCUT2D eigenvalue weighted by Crippen LogP contribution is -2.43. The monoisotopic (exact) mass is 386 g/mol. The van der Waals surface area contributed by atoms with Crippen LogP contribution >= 0.6 is 0 Å². The molecule has 6 heteroatoms. The summed E-state index contributed by atoms with van der Waals surface area (Å²) in [5.41, 5.74) is 2.84. The van der Waals surface area contributed by atoms with Crippen LogP contribution in [0.15, 0.2) is 35.5 Å². The van der Waals surface area contributed by atoms with Gasteiger partial charge in [-0.3, -0.25) is 9.89 Å². The first-order valence-electron chi connectivity index (χ1n) is 9.85. The Bertz CT molecular complexity index is 747. The molecule has 0 spiro atoms. The summed E-state index contributed by atoms with van der Waals surface area (Å²) in [7, 11) is 1.66. The van der Waals surface area contributed by atoms with E-state index in [1.807, 2.05) is 56.1 Å². The molecule has 28 heavy (non-hydrogen) atoms. The Hall–Kier alpha value is -2.34. The Kier molecular flexibility index (Phi) is 6.39. The molecule has 0 aliphatic carbocycles. The van der Waals surface area contributed by atoms with Gasteiger partial charge in [0.2, 0.25) is 0 Å². The van der Waals surface area contributed by atoms with Gasteiger partial charge < -0.3 is 14.2 Å². The standard InChI is InChI=1S/C22H30N2O4/c1-22(2,3)28-21(25)24-11-5-6-20(24)19-14-17(15-23-19)16-7-9-18(10-8-16)27-13-12-26-4/h7-10,15,20H,5-6,11-14H2,1-4H3. The zero-order valence-corrected chi connectivity index (χ0v) is 17.2. The Morgan fingerprint density at radius 1 is 1.21 bits per heavy atom. The van der Waals surface area contributed by atoms with Crippen molar-refractivity contribution < 1.29 is 19.0 Å². The van der Waals surface area contributed by atoms with Gasteiger partial charge in [-0.2, -0.15) is 0 Å². The fourth-order valence-corrected chi connectivity index (χ4v) is 3.49. The van der Waals surface area contributed by atoms with Gasteiger partial charge in [-0.1, -0.05) is 12.1 Å². The van der Waals surface area contributed by atoms with Crippen molar-refractivity contribution in [1.29, 1.82) is 0 Å². The van der Waals surface area contributed by atoms with Gasteiger partial charge in [0.05, 0.1) is 12.6 Å². The van der Waals surface area contributed by atoms with Crippen molar-refractivity contribution >= 4 is 17.4 Å². The highest BCUT2D eigenvalue weighted by atomic mass is 16.6. The first-order chi connectivity index (χ1) is 13.4. The normalized spacial score (nSPS) is 19.4. The first kappa shape index (κ1) is 20.4. The highest BCUT2D eigenvalue weighted by molar-refractivity contribution is 6.02. The highest BCUT2D eigenvalue weighted by Gasteiger charge is 2.36. The molecule has 1 unspecified atom stereocenters. The molecule has 0 N–H and O–H groups in total. The van der Waals surface area contributed by atoms with Crippen molar-refractivity contribution in [2.45, 2.75) is 51.7 Å². The maximum Gasteiger partial charge on any atom is 0.410 e. The lowest BCUT2D eigenvalue weighted by atomic mass is 9.98. The number of rotatable bonds is 6. The van der Waals surface area contributed by atoms with Gasteiger partial charge in [-0.15, -0.1) is 0 Å². The Morgan fingerprint density at radius 2 is 1.96 bits per heavy atom. The van der Waals surface area contributed by atoms with E-state index < -0.39 is 5.60 Å². The van der Waals surface area contributed by atoms with E-state index in [1.54, 1.807) is 7.11 Å². The molecule has 0 bridgehead atoms. The molecule has 1 fully saturated rings. The largest absolute Gasteiger partial charge is 0.491 e. The molecule has 1 saturated heterocycles. The Balaban J connectivity index is 1.58. The van der Waals surface area contributed by atoms with Gasteiger partial charge in [0.1, 0.15) is 18.0 Å². The number of ether oxygens (including phenoxy) is 3. The molecule has 0 aromatic heterocycles. The predicted octanol–water partition coefficient (Wildman–Crippen LogP) is 4.30. The van der Waals surface area contributed by atoms with Crippen LogP contribution in [-0.4, -0.2) is 55.2 Å². The maximum absolute atomic E-state index is 12.5. The van der Waals surface area contributed by atoms with E-state index in [-0.39, 0.29) is 12.1 Å². The van der Waals surface area contributed by atoms with Crippen LogP contribution < -0.4 is 4.74 Å². The molecule has 3 rings (SSSR count). The number of allylic oxidation sites excluding steroid dienone is 1. The fourth-order valence-electron chi connectivity index (χ4n) is 3.49. The molecular formula is C22H30N2O4. The second-order valence-corrected chi connectivity index (χ2v) is 8.15. The summed E-state index contributed by atoms with van der Waals surface area (Å²) in [6.45, 7) is 7.51. The van der Waals surface area contributed by atoms with Gasteiger partial charge in [0.15, 0.2) is 0 Å². The zero-order valence-electron chi connectivity index (χ0n) is 17.2.